The molecule has 1 aliphatic carbocycles. The zero-order valence-corrected chi connectivity index (χ0v) is 15.8. The molecule has 3 heterocycles. The minimum Gasteiger partial charge on any atom is -0.383 e. The van der Waals surface area contributed by atoms with Gasteiger partial charge in [0, 0.05) is 50.6 Å². The third-order valence-electron chi connectivity index (χ3n) is 5.81. The largest absolute Gasteiger partial charge is 0.383 e. The molecule has 0 bridgehead atoms. The Kier molecular flexibility index (Phi) is 4.83. The highest BCUT2D eigenvalue weighted by Gasteiger charge is 2.40. The lowest BCUT2D eigenvalue weighted by atomic mass is 9.88. The fourth-order valence-corrected chi connectivity index (χ4v) is 4.66. The maximum absolute atomic E-state index is 12.2. The van der Waals surface area contributed by atoms with E-state index < -0.39 is 5.60 Å². The van der Waals surface area contributed by atoms with Crippen molar-refractivity contribution in [2.75, 3.05) is 46.3 Å². The summed E-state index contributed by atoms with van der Waals surface area (Å²) < 4.78 is 0. The molecule has 0 aromatic carbocycles. The number of thiazole rings is 1. The van der Waals surface area contributed by atoms with Gasteiger partial charge in [-0.25, -0.2) is 4.98 Å². The van der Waals surface area contributed by atoms with Crippen molar-refractivity contribution >= 4 is 17.2 Å². The van der Waals surface area contributed by atoms with Crippen LogP contribution in [0.5, 0.6) is 0 Å². The first-order valence-electron chi connectivity index (χ1n) is 9.40. The fraction of sp³-hybridized carbons (Fsp3) is 0.778. The molecule has 2 saturated heterocycles. The number of hydrogen-bond donors (Lipinski definition) is 1. The van der Waals surface area contributed by atoms with Gasteiger partial charge in [0.25, 0.3) is 0 Å². The zero-order chi connectivity index (χ0) is 17.4. The van der Waals surface area contributed by atoms with Crippen molar-refractivity contribution in [1.29, 1.82) is 0 Å². The summed E-state index contributed by atoms with van der Waals surface area (Å²) in [7, 11) is 2.16. The minimum atomic E-state index is -0.864. The van der Waals surface area contributed by atoms with E-state index in [1.54, 1.807) is 11.3 Å². The second-order valence-electron chi connectivity index (χ2n) is 7.84. The molecule has 3 aliphatic rings. The van der Waals surface area contributed by atoms with Crippen LogP contribution < -0.4 is 0 Å². The summed E-state index contributed by atoms with van der Waals surface area (Å²) in [6, 6.07) is 0. The summed E-state index contributed by atoms with van der Waals surface area (Å²) in [5, 5.41) is 14.1. The molecule has 1 amide bonds. The molecule has 4 rings (SSSR count). The van der Waals surface area contributed by atoms with Gasteiger partial charge in [-0.2, -0.15) is 0 Å². The minimum absolute atomic E-state index is 0.264. The highest BCUT2D eigenvalue weighted by molar-refractivity contribution is 7.09. The van der Waals surface area contributed by atoms with E-state index in [0.29, 0.717) is 25.9 Å². The zero-order valence-electron chi connectivity index (χ0n) is 15.0. The number of piperazine rings is 1. The number of carbonyl (C=O) groups is 1. The van der Waals surface area contributed by atoms with E-state index in [1.165, 1.54) is 0 Å². The van der Waals surface area contributed by atoms with Crippen molar-refractivity contribution < 1.29 is 9.90 Å². The third-order valence-corrected chi connectivity index (χ3v) is 6.65. The van der Waals surface area contributed by atoms with Crippen LogP contribution in [0, 0.1) is 5.92 Å². The van der Waals surface area contributed by atoms with Gasteiger partial charge in [0.2, 0.25) is 5.91 Å². The molecule has 1 N–H and O–H groups in total. The number of aromatic nitrogens is 1. The second-order valence-corrected chi connectivity index (χ2v) is 8.78. The molecule has 0 unspecified atom stereocenters. The standard InChI is InChI=1S/C18H28N4O2S/c1-20-8-10-21(11-9-20)12-16-19-15(13-25-16)18(24)4-6-22(7-5-18)17(23)14-2-3-14/h13-14,24H,2-12H2,1H3. The van der Waals surface area contributed by atoms with Gasteiger partial charge in [-0.15, -0.1) is 11.3 Å². The van der Waals surface area contributed by atoms with E-state index in [-0.39, 0.29) is 11.8 Å². The monoisotopic (exact) mass is 364 g/mol. The number of aliphatic hydroxyl groups is 1. The Labute approximate surface area is 153 Å². The van der Waals surface area contributed by atoms with Crippen LogP contribution in [0.3, 0.4) is 0 Å². The lowest BCUT2D eigenvalue weighted by Gasteiger charge is -2.37. The maximum Gasteiger partial charge on any atom is 0.225 e. The summed E-state index contributed by atoms with van der Waals surface area (Å²) in [5.74, 6) is 0.553. The SMILES string of the molecule is CN1CCN(Cc2nc(C3(O)CCN(C(=O)C4CC4)CC3)cs2)CC1. The lowest BCUT2D eigenvalue weighted by molar-refractivity contribution is -0.137. The third kappa shape index (κ3) is 3.89. The van der Waals surface area contributed by atoms with Gasteiger partial charge in [-0.1, -0.05) is 0 Å². The first-order valence-corrected chi connectivity index (χ1v) is 10.3. The summed E-state index contributed by atoms with van der Waals surface area (Å²) >= 11 is 1.65. The number of hydrogen-bond acceptors (Lipinski definition) is 6. The predicted molar refractivity (Wildman–Crippen MR) is 97.3 cm³/mol. The molecule has 7 heteroatoms. The number of likely N-dealkylation sites (N-methyl/N-ethyl adjacent to an activating group) is 1. The number of carbonyl (C=O) groups excluding carboxylic acids is 1. The molecule has 3 fully saturated rings. The lowest BCUT2D eigenvalue weighted by Crippen LogP contribution is -2.46. The van der Waals surface area contributed by atoms with Gasteiger partial charge in [0.1, 0.15) is 10.6 Å². The summed E-state index contributed by atoms with van der Waals surface area (Å²) in [4.78, 5) is 23.6. The molecule has 1 aromatic rings. The molecule has 1 aromatic heterocycles. The van der Waals surface area contributed by atoms with E-state index in [1.807, 2.05) is 10.3 Å². The van der Waals surface area contributed by atoms with Crippen LogP contribution in [-0.2, 0) is 16.9 Å². The molecular formula is C18H28N4O2S. The van der Waals surface area contributed by atoms with Gasteiger partial charge in [0.05, 0.1) is 12.2 Å². The van der Waals surface area contributed by atoms with E-state index in [2.05, 4.69) is 16.8 Å². The Bertz CT molecular complexity index is 614. The second kappa shape index (κ2) is 6.95. The predicted octanol–water partition coefficient (Wildman–Crippen LogP) is 1.11. The average molecular weight is 365 g/mol. The Morgan fingerprint density at radius 2 is 1.92 bits per heavy atom. The molecular weight excluding hydrogens is 336 g/mol. The van der Waals surface area contributed by atoms with Crippen molar-refractivity contribution in [3.8, 4) is 0 Å². The number of likely N-dealkylation sites (tertiary alicyclic amines) is 1. The quantitative estimate of drug-likeness (QED) is 0.867. The van der Waals surface area contributed by atoms with Crippen LogP contribution in [0.1, 0.15) is 36.4 Å². The van der Waals surface area contributed by atoms with Gasteiger partial charge < -0.3 is 14.9 Å². The molecule has 2 aliphatic heterocycles. The van der Waals surface area contributed by atoms with Crippen molar-refractivity contribution in [3.63, 3.8) is 0 Å². The summed E-state index contributed by atoms with van der Waals surface area (Å²) in [6.07, 6.45) is 3.29. The maximum atomic E-state index is 12.2. The van der Waals surface area contributed by atoms with E-state index >= 15 is 0 Å². The fourth-order valence-electron chi connectivity index (χ4n) is 3.74. The van der Waals surface area contributed by atoms with Crippen molar-refractivity contribution in [2.24, 2.45) is 5.92 Å². The van der Waals surface area contributed by atoms with Gasteiger partial charge in [-0.05, 0) is 32.7 Å². The summed E-state index contributed by atoms with van der Waals surface area (Å²) in [6.45, 7) is 6.54. The van der Waals surface area contributed by atoms with E-state index in [4.69, 9.17) is 4.98 Å². The van der Waals surface area contributed by atoms with Gasteiger partial charge in [0.15, 0.2) is 0 Å². The number of nitrogens with zero attached hydrogens (tertiary/aromatic N) is 4. The van der Waals surface area contributed by atoms with Crippen LogP contribution in [0.15, 0.2) is 5.38 Å². The molecule has 138 valence electrons. The first kappa shape index (κ1) is 17.4. The van der Waals surface area contributed by atoms with Gasteiger partial charge in [-0.3, -0.25) is 9.69 Å². The Hall–Kier alpha value is -1.02. The molecule has 6 nitrogen and oxygen atoms in total. The molecule has 0 spiro atoms. The highest BCUT2D eigenvalue weighted by atomic mass is 32.1. The normalized spacial score (nSPS) is 25.3. The van der Waals surface area contributed by atoms with E-state index in [0.717, 1.165) is 56.3 Å². The van der Waals surface area contributed by atoms with E-state index in [9.17, 15) is 9.90 Å². The van der Waals surface area contributed by atoms with Crippen LogP contribution in [0.2, 0.25) is 0 Å². The average Bonchev–Trinajstić information content (AvgIpc) is 3.36. The van der Waals surface area contributed by atoms with Crippen LogP contribution in [0.25, 0.3) is 0 Å². The first-order chi connectivity index (χ1) is 12.0. The van der Waals surface area contributed by atoms with Crippen molar-refractivity contribution in [3.05, 3.63) is 16.1 Å². The number of rotatable bonds is 4. The summed E-state index contributed by atoms with van der Waals surface area (Å²) in [5.41, 5.74) is -0.0582. The van der Waals surface area contributed by atoms with Crippen molar-refractivity contribution in [2.45, 2.75) is 37.8 Å². The Morgan fingerprint density at radius 3 is 2.56 bits per heavy atom. The smallest absolute Gasteiger partial charge is 0.225 e. The van der Waals surface area contributed by atoms with Crippen LogP contribution >= 0.6 is 11.3 Å². The molecule has 0 radical (unpaired) electrons. The Balaban J connectivity index is 1.34. The Morgan fingerprint density at radius 1 is 1.24 bits per heavy atom. The van der Waals surface area contributed by atoms with Crippen LogP contribution in [-0.4, -0.2) is 77.0 Å². The molecule has 25 heavy (non-hydrogen) atoms. The molecule has 1 saturated carbocycles. The van der Waals surface area contributed by atoms with Gasteiger partial charge >= 0.3 is 0 Å². The van der Waals surface area contributed by atoms with Crippen molar-refractivity contribution in [1.82, 2.24) is 19.7 Å². The number of piperidine rings is 1. The van der Waals surface area contributed by atoms with Crippen LogP contribution in [0.4, 0.5) is 0 Å². The highest BCUT2D eigenvalue weighted by Crippen LogP contribution is 2.37. The topological polar surface area (TPSA) is 59.9 Å². The molecule has 0 atom stereocenters. The number of amides is 1.